The standard InChI is InChI=1S/C22H42O2.Na.H2O4S.H/c1-3-5-7-8-9-10-11-12-13-14-15-16-17-18-20-21(22(23)24)19-6-4-2;;1-5(2,3)4;/h12-13,21H,3-11,14-20H2,1-2H3,(H,23,24);;(H2,1,2,3,4);. The first-order valence-corrected chi connectivity index (χ1v) is 12.7. The van der Waals surface area contributed by atoms with Crippen LogP contribution in [0.3, 0.4) is 0 Å². The van der Waals surface area contributed by atoms with E-state index in [4.69, 9.17) is 17.5 Å². The Hall–Kier alpha value is 0.0800. The summed E-state index contributed by atoms with van der Waals surface area (Å²) >= 11 is 0. The molecule has 1 unspecified atom stereocenters. The van der Waals surface area contributed by atoms with Crippen LogP contribution in [-0.4, -0.2) is 58.2 Å². The number of allylic oxidation sites excluding steroid dienone is 2. The molecule has 30 heavy (non-hydrogen) atoms. The molecule has 0 bridgehead atoms. The van der Waals surface area contributed by atoms with Crippen LogP contribution in [0.4, 0.5) is 0 Å². The first kappa shape index (κ1) is 34.7. The predicted molar refractivity (Wildman–Crippen MR) is 127 cm³/mol. The molecule has 0 aliphatic carbocycles. The van der Waals surface area contributed by atoms with E-state index in [1.807, 2.05) is 0 Å². The SMILES string of the molecule is CCCCCCCCC=CCCCCCCC(CCCC)C(=O)O.O=S(=O)(O)O.[NaH]. The second-order valence-corrected chi connectivity index (χ2v) is 8.54. The molecule has 0 aliphatic heterocycles. The van der Waals surface area contributed by atoms with Crippen LogP contribution in [0.2, 0.25) is 0 Å². The molecule has 0 amide bonds. The summed E-state index contributed by atoms with van der Waals surface area (Å²) in [5.41, 5.74) is 0. The van der Waals surface area contributed by atoms with Gasteiger partial charge >= 0.3 is 45.9 Å². The Labute approximate surface area is 207 Å². The summed E-state index contributed by atoms with van der Waals surface area (Å²) in [7, 11) is -4.67. The van der Waals surface area contributed by atoms with Gasteiger partial charge in [-0.1, -0.05) is 90.2 Å². The zero-order valence-electron chi connectivity index (χ0n) is 18.5. The predicted octanol–water partition coefficient (Wildman–Crippen LogP) is 6.22. The zero-order valence-corrected chi connectivity index (χ0v) is 19.3. The fourth-order valence-electron chi connectivity index (χ4n) is 3.13. The second kappa shape index (κ2) is 25.3. The van der Waals surface area contributed by atoms with Gasteiger partial charge in [-0.3, -0.25) is 13.9 Å². The molecule has 0 radical (unpaired) electrons. The van der Waals surface area contributed by atoms with Crippen molar-refractivity contribution in [3.8, 4) is 0 Å². The van der Waals surface area contributed by atoms with Crippen molar-refractivity contribution < 1.29 is 27.4 Å². The van der Waals surface area contributed by atoms with Gasteiger partial charge < -0.3 is 5.11 Å². The van der Waals surface area contributed by atoms with Crippen LogP contribution in [0.25, 0.3) is 0 Å². The third kappa shape index (κ3) is 35.5. The van der Waals surface area contributed by atoms with Gasteiger partial charge in [-0.2, -0.15) is 8.42 Å². The van der Waals surface area contributed by atoms with Crippen molar-refractivity contribution in [2.45, 2.75) is 117 Å². The van der Waals surface area contributed by atoms with Crippen LogP contribution in [0.5, 0.6) is 0 Å². The maximum absolute atomic E-state index is 11.2. The van der Waals surface area contributed by atoms with Crippen molar-refractivity contribution in [1.29, 1.82) is 0 Å². The number of unbranched alkanes of at least 4 members (excludes halogenated alkanes) is 11. The summed E-state index contributed by atoms with van der Waals surface area (Å²) in [4.78, 5) is 11.2. The molecule has 176 valence electrons. The zero-order chi connectivity index (χ0) is 22.4. The van der Waals surface area contributed by atoms with E-state index in [0.717, 1.165) is 32.1 Å². The fraction of sp³-hybridized carbons (Fsp3) is 0.864. The van der Waals surface area contributed by atoms with Crippen LogP contribution in [-0.2, 0) is 15.2 Å². The second-order valence-electron chi connectivity index (χ2n) is 7.64. The molecule has 0 heterocycles. The van der Waals surface area contributed by atoms with Gasteiger partial charge in [0.25, 0.3) is 0 Å². The Bertz CT molecular complexity index is 486. The molecule has 0 aliphatic rings. The molecule has 0 aromatic heterocycles. The number of carboxylic acid groups (broad SMARTS) is 1. The minimum absolute atomic E-state index is 0. The number of carboxylic acids is 1. The van der Waals surface area contributed by atoms with E-state index in [2.05, 4.69) is 26.0 Å². The van der Waals surface area contributed by atoms with Crippen LogP contribution < -0.4 is 0 Å². The summed E-state index contributed by atoms with van der Waals surface area (Å²) in [5, 5.41) is 9.19. The molecule has 8 heteroatoms. The molecule has 6 nitrogen and oxygen atoms in total. The first-order chi connectivity index (χ1) is 13.7. The normalized spacial score (nSPS) is 12.1. The van der Waals surface area contributed by atoms with Gasteiger partial charge in [-0.15, -0.1) is 0 Å². The van der Waals surface area contributed by atoms with Gasteiger partial charge in [0.05, 0.1) is 5.92 Å². The Morgan fingerprint density at radius 3 is 1.53 bits per heavy atom. The van der Waals surface area contributed by atoms with Crippen molar-refractivity contribution in [2.75, 3.05) is 0 Å². The minimum atomic E-state index is -4.67. The Balaban J connectivity index is -0.00000108. The van der Waals surface area contributed by atoms with Gasteiger partial charge in [0.2, 0.25) is 0 Å². The van der Waals surface area contributed by atoms with Crippen LogP contribution in [0, 0.1) is 5.92 Å². The molecule has 0 spiro atoms. The van der Waals surface area contributed by atoms with Crippen molar-refractivity contribution in [3.05, 3.63) is 12.2 Å². The fourth-order valence-corrected chi connectivity index (χ4v) is 3.13. The van der Waals surface area contributed by atoms with Crippen LogP contribution >= 0.6 is 0 Å². The van der Waals surface area contributed by atoms with Gasteiger partial charge in [0, 0.05) is 0 Å². The van der Waals surface area contributed by atoms with E-state index in [0.29, 0.717) is 0 Å². The molecule has 0 saturated heterocycles. The topological polar surface area (TPSA) is 112 Å². The van der Waals surface area contributed by atoms with Gasteiger partial charge in [0.1, 0.15) is 0 Å². The monoisotopic (exact) mass is 460 g/mol. The van der Waals surface area contributed by atoms with E-state index in [1.165, 1.54) is 70.6 Å². The van der Waals surface area contributed by atoms with Gasteiger partial charge in [0.15, 0.2) is 0 Å². The summed E-state index contributed by atoms with van der Waals surface area (Å²) in [5.74, 6) is -0.705. The molecule has 0 saturated carbocycles. The Morgan fingerprint density at radius 1 is 0.733 bits per heavy atom. The van der Waals surface area contributed by atoms with E-state index < -0.39 is 16.4 Å². The summed E-state index contributed by atoms with van der Waals surface area (Å²) in [6.07, 6.45) is 24.0. The molecule has 0 aromatic carbocycles. The number of carbonyl (C=O) groups is 1. The summed E-state index contributed by atoms with van der Waals surface area (Å²) < 4.78 is 31.6. The van der Waals surface area contributed by atoms with E-state index in [1.54, 1.807) is 0 Å². The van der Waals surface area contributed by atoms with Crippen LogP contribution in [0.15, 0.2) is 12.2 Å². The Kier molecular flexibility index (Phi) is 29.3. The van der Waals surface area contributed by atoms with Gasteiger partial charge in [-0.05, 0) is 38.5 Å². The molecular formula is C22H45NaO6S. The van der Waals surface area contributed by atoms with E-state index in [-0.39, 0.29) is 35.5 Å². The molecule has 1 atom stereocenters. The average Bonchev–Trinajstić information content (AvgIpc) is 2.62. The molecular weight excluding hydrogens is 415 g/mol. The number of hydrogen-bond acceptors (Lipinski definition) is 3. The Morgan fingerprint density at radius 2 is 1.10 bits per heavy atom. The summed E-state index contributed by atoms with van der Waals surface area (Å²) in [6, 6.07) is 0. The average molecular weight is 461 g/mol. The van der Waals surface area contributed by atoms with Crippen molar-refractivity contribution >= 4 is 45.9 Å². The maximum atomic E-state index is 11.2. The molecule has 0 rings (SSSR count). The molecule has 3 N–H and O–H groups in total. The van der Waals surface area contributed by atoms with Crippen molar-refractivity contribution in [2.24, 2.45) is 5.92 Å². The van der Waals surface area contributed by atoms with E-state index >= 15 is 0 Å². The number of rotatable bonds is 18. The first-order valence-electron chi connectivity index (χ1n) is 11.3. The summed E-state index contributed by atoms with van der Waals surface area (Å²) in [6.45, 7) is 4.39. The third-order valence-corrected chi connectivity index (χ3v) is 4.82. The van der Waals surface area contributed by atoms with Crippen LogP contribution in [0.1, 0.15) is 117 Å². The van der Waals surface area contributed by atoms with E-state index in [9.17, 15) is 9.90 Å². The number of aliphatic carboxylic acids is 1. The van der Waals surface area contributed by atoms with Crippen molar-refractivity contribution in [1.82, 2.24) is 0 Å². The quantitative estimate of drug-likeness (QED) is 0.0968. The number of hydrogen-bond donors (Lipinski definition) is 3. The molecule has 0 fully saturated rings. The third-order valence-electron chi connectivity index (χ3n) is 4.82. The molecule has 0 aromatic rings. The van der Waals surface area contributed by atoms with Crippen molar-refractivity contribution in [3.63, 3.8) is 0 Å². The van der Waals surface area contributed by atoms with Gasteiger partial charge in [-0.25, -0.2) is 0 Å².